The fourth-order valence-electron chi connectivity index (χ4n) is 1.18. The van der Waals surface area contributed by atoms with Crippen molar-refractivity contribution < 1.29 is 9.53 Å². The molecule has 2 aromatic rings. The van der Waals surface area contributed by atoms with Crippen LogP contribution in [0.4, 0.5) is 4.79 Å². The molecule has 2 N–H and O–H groups in total. The molecule has 1 heterocycles. The van der Waals surface area contributed by atoms with Crippen LogP contribution in [0.2, 0.25) is 5.02 Å². The molecule has 0 aliphatic carbocycles. The molecule has 3 nitrogen and oxygen atoms in total. The van der Waals surface area contributed by atoms with Gasteiger partial charge in [-0.3, -0.25) is 0 Å². The first-order valence-electron chi connectivity index (χ1n) is 3.93. The van der Waals surface area contributed by atoms with Crippen molar-refractivity contribution in [3.8, 4) is 5.06 Å². The van der Waals surface area contributed by atoms with Gasteiger partial charge in [-0.1, -0.05) is 22.9 Å². The van der Waals surface area contributed by atoms with Crippen molar-refractivity contribution >= 4 is 55.0 Å². The molecule has 0 saturated carbocycles. The van der Waals surface area contributed by atoms with Gasteiger partial charge >= 0.3 is 6.09 Å². The van der Waals surface area contributed by atoms with Gasteiger partial charge in [-0.05, 0) is 28.1 Å². The van der Waals surface area contributed by atoms with Crippen molar-refractivity contribution in [2.24, 2.45) is 5.73 Å². The molecule has 0 atom stereocenters. The average Bonchev–Trinajstić information content (AvgIpc) is 2.54. The molecule has 2 rings (SSSR count). The van der Waals surface area contributed by atoms with Gasteiger partial charge in [0.1, 0.15) is 0 Å². The fraction of sp³-hybridized carbons (Fsp3) is 0. The van der Waals surface area contributed by atoms with Crippen LogP contribution in [0.25, 0.3) is 10.1 Å². The molecule has 0 fully saturated rings. The molecular weight excluding hydrogens is 302 g/mol. The van der Waals surface area contributed by atoms with E-state index in [1.807, 2.05) is 6.07 Å². The molecule has 0 bridgehead atoms. The van der Waals surface area contributed by atoms with E-state index in [4.69, 9.17) is 22.1 Å². The van der Waals surface area contributed by atoms with Crippen molar-refractivity contribution in [2.45, 2.75) is 0 Å². The Morgan fingerprint density at radius 2 is 2.27 bits per heavy atom. The number of hydrogen-bond acceptors (Lipinski definition) is 3. The Labute approximate surface area is 103 Å². The van der Waals surface area contributed by atoms with Crippen LogP contribution in [0.5, 0.6) is 5.06 Å². The lowest BCUT2D eigenvalue weighted by atomic mass is 10.3. The number of carbonyl (C=O) groups is 1. The standard InChI is InChI=1S/C9H5BrClNO2S/c10-8-4-3-7(14-9(12)13)15-6(4)2-1-5(8)11/h1-3H,(H2,12,13). The van der Waals surface area contributed by atoms with E-state index in [-0.39, 0.29) is 0 Å². The van der Waals surface area contributed by atoms with Gasteiger partial charge in [0, 0.05) is 20.6 Å². The normalized spacial score (nSPS) is 10.5. The van der Waals surface area contributed by atoms with E-state index in [2.05, 4.69) is 15.9 Å². The monoisotopic (exact) mass is 305 g/mol. The SMILES string of the molecule is NC(=O)Oc1cc2c(Br)c(Cl)ccc2s1. The summed E-state index contributed by atoms with van der Waals surface area (Å²) in [6.07, 6.45) is -0.816. The molecule has 0 spiro atoms. The quantitative estimate of drug-likeness (QED) is 0.872. The summed E-state index contributed by atoms with van der Waals surface area (Å²) < 4.78 is 6.55. The van der Waals surface area contributed by atoms with Crippen LogP contribution in [0.1, 0.15) is 0 Å². The lowest BCUT2D eigenvalue weighted by molar-refractivity contribution is 0.212. The number of thiophene rings is 1. The zero-order chi connectivity index (χ0) is 11.0. The highest BCUT2D eigenvalue weighted by molar-refractivity contribution is 9.10. The number of amides is 1. The number of ether oxygens (including phenoxy) is 1. The van der Waals surface area contributed by atoms with Gasteiger partial charge in [0.25, 0.3) is 0 Å². The lowest BCUT2D eigenvalue weighted by Gasteiger charge is -1.95. The Hall–Kier alpha value is -0.780. The van der Waals surface area contributed by atoms with Crippen LogP contribution in [0.3, 0.4) is 0 Å². The zero-order valence-corrected chi connectivity index (χ0v) is 10.4. The molecule has 0 aliphatic heterocycles. The predicted octanol–water partition coefficient (Wildman–Crippen LogP) is 3.77. The van der Waals surface area contributed by atoms with E-state index in [9.17, 15) is 4.79 Å². The Kier molecular flexibility index (Phi) is 2.86. The Morgan fingerprint density at radius 3 is 2.93 bits per heavy atom. The van der Waals surface area contributed by atoms with Crippen molar-refractivity contribution in [1.82, 2.24) is 0 Å². The van der Waals surface area contributed by atoms with Gasteiger partial charge in [0.15, 0.2) is 5.06 Å². The lowest BCUT2D eigenvalue weighted by Crippen LogP contribution is -2.15. The van der Waals surface area contributed by atoms with Crippen LogP contribution >= 0.6 is 38.9 Å². The highest BCUT2D eigenvalue weighted by Gasteiger charge is 2.09. The van der Waals surface area contributed by atoms with Gasteiger partial charge in [0.2, 0.25) is 0 Å². The predicted molar refractivity (Wildman–Crippen MR) is 64.7 cm³/mol. The number of nitrogens with two attached hydrogens (primary N) is 1. The molecule has 6 heteroatoms. The number of fused-ring (bicyclic) bond motifs is 1. The van der Waals surface area contributed by atoms with E-state index < -0.39 is 6.09 Å². The average molecular weight is 307 g/mol. The molecule has 15 heavy (non-hydrogen) atoms. The van der Waals surface area contributed by atoms with E-state index in [1.165, 1.54) is 11.3 Å². The minimum atomic E-state index is -0.816. The highest BCUT2D eigenvalue weighted by atomic mass is 79.9. The number of carbonyl (C=O) groups excluding carboxylic acids is 1. The van der Waals surface area contributed by atoms with Crippen LogP contribution in [-0.2, 0) is 0 Å². The van der Waals surface area contributed by atoms with Gasteiger partial charge < -0.3 is 10.5 Å². The summed E-state index contributed by atoms with van der Waals surface area (Å²) in [7, 11) is 0. The second-order valence-electron chi connectivity index (χ2n) is 2.76. The first-order chi connectivity index (χ1) is 7.08. The van der Waals surface area contributed by atoms with Gasteiger partial charge in [0.05, 0.1) is 5.02 Å². The van der Waals surface area contributed by atoms with Crippen LogP contribution < -0.4 is 10.5 Å². The molecule has 0 saturated heterocycles. The molecule has 78 valence electrons. The van der Waals surface area contributed by atoms with Crippen molar-refractivity contribution in [1.29, 1.82) is 0 Å². The maximum absolute atomic E-state index is 10.6. The topological polar surface area (TPSA) is 52.3 Å². The molecule has 0 aliphatic rings. The summed E-state index contributed by atoms with van der Waals surface area (Å²) in [5.41, 5.74) is 4.92. The number of benzene rings is 1. The second-order valence-corrected chi connectivity index (χ2v) is 5.01. The van der Waals surface area contributed by atoms with Gasteiger partial charge in [-0.15, -0.1) is 0 Å². The second kappa shape index (κ2) is 4.00. The number of halogens is 2. The molecule has 0 unspecified atom stereocenters. The number of rotatable bonds is 1. The minimum absolute atomic E-state index is 0.459. The Bertz CT molecular complexity index is 540. The Balaban J connectivity index is 2.56. The zero-order valence-electron chi connectivity index (χ0n) is 7.29. The minimum Gasteiger partial charge on any atom is -0.399 e. The Morgan fingerprint density at radius 1 is 1.53 bits per heavy atom. The van der Waals surface area contributed by atoms with Gasteiger partial charge in [-0.2, -0.15) is 0 Å². The first kappa shape index (κ1) is 10.7. The van der Waals surface area contributed by atoms with Crippen molar-refractivity contribution in [3.63, 3.8) is 0 Å². The maximum atomic E-state index is 10.6. The molecule has 0 radical (unpaired) electrons. The van der Waals surface area contributed by atoms with E-state index in [0.29, 0.717) is 10.1 Å². The van der Waals surface area contributed by atoms with Gasteiger partial charge in [-0.25, -0.2) is 4.79 Å². The molecule has 1 amide bonds. The summed E-state index contributed by atoms with van der Waals surface area (Å²) in [5, 5.41) is 1.98. The fourth-order valence-corrected chi connectivity index (χ4v) is 2.86. The summed E-state index contributed by atoms with van der Waals surface area (Å²) in [4.78, 5) is 10.6. The summed E-state index contributed by atoms with van der Waals surface area (Å²) >= 11 is 10.6. The van der Waals surface area contributed by atoms with Crippen molar-refractivity contribution in [3.05, 3.63) is 27.7 Å². The summed E-state index contributed by atoms with van der Waals surface area (Å²) in [6.45, 7) is 0. The van der Waals surface area contributed by atoms with Crippen molar-refractivity contribution in [2.75, 3.05) is 0 Å². The van der Waals surface area contributed by atoms with Crippen LogP contribution in [0, 0.1) is 0 Å². The van der Waals surface area contributed by atoms with E-state index >= 15 is 0 Å². The number of primary amides is 1. The third-order valence-corrected chi connectivity index (χ3v) is 4.14. The molecule has 1 aromatic carbocycles. The van der Waals surface area contributed by atoms with Crippen LogP contribution in [-0.4, -0.2) is 6.09 Å². The molecular formula is C9H5BrClNO2S. The maximum Gasteiger partial charge on any atom is 0.410 e. The highest BCUT2D eigenvalue weighted by Crippen LogP contribution is 2.39. The van der Waals surface area contributed by atoms with Crippen LogP contribution in [0.15, 0.2) is 22.7 Å². The third-order valence-electron chi connectivity index (χ3n) is 1.77. The summed E-state index contributed by atoms with van der Waals surface area (Å²) in [6, 6.07) is 5.36. The smallest absolute Gasteiger partial charge is 0.399 e. The number of hydrogen-bond donors (Lipinski definition) is 1. The third kappa shape index (κ3) is 2.09. The van der Waals surface area contributed by atoms with E-state index in [1.54, 1.807) is 12.1 Å². The van der Waals surface area contributed by atoms with E-state index in [0.717, 1.165) is 14.6 Å². The molecule has 1 aromatic heterocycles. The first-order valence-corrected chi connectivity index (χ1v) is 5.91. The largest absolute Gasteiger partial charge is 0.410 e. The summed E-state index contributed by atoms with van der Waals surface area (Å²) in [5.74, 6) is 0.